The van der Waals surface area contributed by atoms with Crippen LogP contribution in [0.1, 0.15) is 51.9 Å². The number of allylic oxidation sites excluding steroid dienone is 1. The summed E-state index contributed by atoms with van der Waals surface area (Å²) in [6.45, 7) is 2.36. The molecular formula is C13H23N. The molecule has 14 heavy (non-hydrogen) atoms. The maximum absolute atomic E-state index is 3.77. The fourth-order valence-corrected chi connectivity index (χ4v) is 2.64. The second kappa shape index (κ2) is 4.97. The summed E-state index contributed by atoms with van der Waals surface area (Å²) in [6, 6.07) is 1.49. The van der Waals surface area contributed by atoms with Crippen LogP contribution < -0.4 is 5.32 Å². The molecular weight excluding hydrogens is 170 g/mol. The molecule has 0 amide bonds. The van der Waals surface area contributed by atoms with Crippen molar-refractivity contribution in [2.45, 2.75) is 64.0 Å². The lowest BCUT2D eigenvalue weighted by atomic mass is 9.81. The molecule has 0 bridgehead atoms. The highest BCUT2D eigenvalue weighted by Crippen LogP contribution is 2.30. The predicted octanol–water partition coefficient (Wildman–Crippen LogP) is 3.26. The first-order chi connectivity index (χ1) is 6.84. The first-order valence-corrected chi connectivity index (χ1v) is 6.25. The highest BCUT2D eigenvalue weighted by Gasteiger charge is 2.21. The Balaban J connectivity index is 1.65. The van der Waals surface area contributed by atoms with E-state index in [0.29, 0.717) is 0 Å². The molecule has 1 heteroatoms. The van der Waals surface area contributed by atoms with Gasteiger partial charge in [0, 0.05) is 12.1 Å². The summed E-state index contributed by atoms with van der Waals surface area (Å²) in [4.78, 5) is 0. The molecule has 1 nitrogen and oxygen atoms in total. The van der Waals surface area contributed by atoms with E-state index < -0.39 is 0 Å². The first-order valence-electron chi connectivity index (χ1n) is 6.25. The Bertz CT molecular complexity index is 193. The molecule has 0 heterocycles. The zero-order chi connectivity index (χ0) is 9.80. The number of hydrogen-bond donors (Lipinski definition) is 1. The summed E-state index contributed by atoms with van der Waals surface area (Å²) in [5.41, 5.74) is 0. The van der Waals surface area contributed by atoms with E-state index in [1.165, 1.54) is 44.9 Å². The summed E-state index contributed by atoms with van der Waals surface area (Å²) < 4.78 is 0. The van der Waals surface area contributed by atoms with Gasteiger partial charge in [-0.15, -0.1) is 0 Å². The molecule has 0 spiro atoms. The molecule has 1 fully saturated rings. The molecule has 0 aliphatic heterocycles. The molecule has 0 radical (unpaired) electrons. The van der Waals surface area contributed by atoms with Gasteiger partial charge in [0.05, 0.1) is 0 Å². The van der Waals surface area contributed by atoms with Gasteiger partial charge in [0.2, 0.25) is 0 Å². The first kappa shape index (κ1) is 10.2. The van der Waals surface area contributed by atoms with Crippen LogP contribution in [0, 0.1) is 5.92 Å². The van der Waals surface area contributed by atoms with Gasteiger partial charge in [-0.25, -0.2) is 0 Å². The maximum Gasteiger partial charge on any atom is 0.0107 e. The Labute approximate surface area is 88.0 Å². The minimum absolute atomic E-state index is 0.733. The zero-order valence-electron chi connectivity index (χ0n) is 9.34. The maximum atomic E-state index is 3.77. The molecule has 2 unspecified atom stereocenters. The van der Waals surface area contributed by atoms with E-state index in [9.17, 15) is 0 Å². The standard InChI is InChI=1S/C13H23N/c1-11(10-12-6-5-7-12)14-13-8-3-2-4-9-13/h2-3,11-14H,4-10H2,1H3. The van der Waals surface area contributed by atoms with E-state index in [4.69, 9.17) is 0 Å². The Morgan fingerprint density at radius 2 is 2.14 bits per heavy atom. The highest BCUT2D eigenvalue weighted by molar-refractivity contribution is 4.93. The van der Waals surface area contributed by atoms with Crippen molar-refractivity contribution in [2.24, 2.45) is 5.92 Å². The van der Waals surface area contributed by atoms with Crippen LogP contribution in [0.2, 0.25) is 0 Å². The van der Waals surface area contributed by atoms with E-state index >= 15 is 0 Å². The van der Waals surface area contributed by atoms with E-state index in [0.717, 1.165) is 18.0 Å². The van der Waals surface area contributed by atoms with Crippen LogP contribution in [-0.4, -0.2) is 12.1 Å². The third kappa shape index (κ3) is 2.84. The lowest BCUT2D eigenvalue weighted by Gasteiger charge is -2.31. The third-order valence-electron chi connectivity index (χ3n) is 3.70. The average Bonchev–Trinajstić information content (AvgIpc) is 2.13. The molecule has 2 aliphatic rings. The lowest BCUT2D eigenvalue weighted by Crippen LogP contribution is -2.38. The van der Waals surface area contributed by atoms with Crippen LogP contribution in [-0.2, 0) is 0 Å². The quantitative estimate of drug-likeness (QED) is 0.676. The average molecular weight is 193 g/mol. The van der Waals surface area contributed by atoms with Gasteiger partial charge in [0.15, 0.2) is 0 Å². The van der Waals surface area contributed by atoms with Gasteiger partial charge >= 0.3 is 0 Å². The predicted molar refractivity (Wildman–Crippen MR) is 61.3 cm³/mol. The lowest BCUT2D eigenvalue weighted by molar-refractivity contribution is 0.255. The van der Waals surface area contributed by atoms with Gasteiger partial charge in [0.1, 0.15) is 0 Å². The second-order valence-electron chi connectivity index (χ2n) is 5.08. The van der Waals surface area contributed by atoms with Crippen LogP contribution in [0.4, 0.5) is 0 Å². The monoisotopic (exact) mass is 193 g/mol. The Hall–Kier alpha value is -0.300. The molecule has 0 saturated heterocycles. The number of nitrogens with one attached hydrogen (secondary N) is 1. The summed E-state index contributed by atoms with van der Waals surface area (Å²) in [6.07, 6.45) is 14.3. The molecule has 0 aromatic carbocycles. The van der Waals surface area contributed by atoms with Gasteiger partial charge in [0.25, 0.3) is 0 Å². The Kier molecular flexibility index (Phi) is 3.63. The van der Waals surface area contributed by atoms with Crippen molar-refractivity contribution in [1.29, 1.82) is 0 Å². The van der Waals surface area contributed by atoms with E-state index in [1.54, 1.807) is 0 Å². The van der Waals surface area contributed by atoms with Gasteiger partial charge in [-0.05, 0) is 38.5 Å². The highest BCUT2D eigenvalue weighted by atomic mass is 14.9. The van der Waals surface area contributed by atoms with Crippen molar-refractivity contribution in [3.05, 3.63) is 12.2 Å². The SMILES string of the molecule is CC(CC1CCC1)NC1CC=CCC1. The molecule has 1 N–H and O–H groups in total. The number of hydrogen-bond acceptors (Lipinski definition) is 1. The molecule has 0 aromatic heterocycles. The molecule has 1 saturated carbocycles. The molecule has 2 atom stereocenters. The minimum Gasteiger partial charge on any atom is -0.311 e. The van der Waals surface area contributed by atoms with Crippen molar-refractivity contribution < 1.29 is 0 Å². The van der Waals surface area contributed by atoms with E-state index in [-0.39, 0.29) is 0 Å². The summed E-state index contributed by atoms with van der Waals surface area (Å²) in [7, 11) is 0. The van der Waals surface area contributed by atoms with Crippen LogP contribution in [0.15, 0.2) is 12.2 Å². The van der Waals surface area contributed by atoms with Crippen molar-refractivity contribution in [3.8, 4) is 0 Å². The van der Waals surface area contributed by atoms with Crippen molar-refractivity contribution >= 4 is 0 Å². The van der Waals surface area contributed by atoms with Gasteiger partial charge in [-0.1, -0.05) is 31.4 Å². The van der Waals surface area contributed by atoms with Gasteiger partial charge in [-0.2, -0.15) is 0 Å². The van der Waals surface area contributed by atoms with Crippen LogP contribution in [0.3, 0.4) is 0 Å². The number of rotatable bonds is 4. The van der Waals surface area contributed by atoms with Crippen LogP contribution in [0.25, 0.3) is 0 Å². The van der Waals surface area contributed by atoms with Crippen LogP contribution in [0.5, 0.6) is 0 Å². The van der Waals surface area contributed by atoms with Gasteiger partial charge in [-0.3, -0.25) is 0 Å². The topological polar surface area (TPSA) is 12.0 Å². The summed E-state index contributed by atoms with van der Waals surface area (Å²) in [5, 5.41) is 3.77. The van der Waals surface area contributed by atoms with Gasteiger partial charge < -0.3 is 5.32 Å². The van der Waals surface area contributed by atoms with Crippen molar-refractivity contribution in [3.63, 3.8) is 0 Å². The normalized spacial score (nSPS) is 29.9. The summed E-state index contributed by atoms with van der Waals surface area (Å²) >= 11 is 0. The molecule has 0 aromatic rings. The fourth-order valence-electron chi connectivity index (χ4n) is 2.64. The molecule has 2 rings (SSSR count). The molecule has 80 valence electrons. The third-order valence-corrected chi connectivity index (χ3v) is 3.70. The minimum atomic E-state index is 0.733. The van der Waals surface area contributed by atoms with E-state index in [1.807, 2.05) is 0 Å². The van der Waals surface area contributed by atoms with Crippen LogP contribution >= 0.6 is 0 Å². The largest absolute Gasteiger partial charge is 0.311 e. The summed E-state index contributed by atoms with van der Waals surface area (Å²) in [5.74, 6) is 1.04. The van der Waals surface area contributed by atoms with E-state index in [2.05, 4.69) is 24.4 Å². The zero-order valence-corrected chi connectivity index (χ0v) is 9.34. The fraction of sp³-hybridized carbons (Fsp3) is 0.846. The Morgan fingerprint density at radius 1 is 1.29 bits per heavy atom. The molecule has 2 aliphatic carbocycles. The van der Waals surface area contributed by atoms with Crippen molar-refractivity contribution in [1.82, 2.24) is 5.32 Å². The Morgan fingerprint density at radius 3 is 2.71 bits per heavy atom. The second-order valence-corrected chi connectivity index (χ2v) is 5.08. The smallest absolute Gasteiger partial charge is 0.0107 e. The van der Waals surface area contributed by atoms with Crippen molar-refractivity contribution in [2.75, 3.05) is 0 Å².